The monoisotopic (exact) mass is 280 g/mol. The van der Waals surface area contributed by atoms with E-state index < -0.39 is 0 Å². The van der Waals surface area contributed by atoms with Crippen LogP contribution in [0.25, 0.3) is 10.8 Å². The number of carbonyl (C=O) groups excluding carboxylic acids is 1. The van der Waals surface area contributed by atoms with Crippen molar-refractivity contribution >= 4 is 22.5 Å². The van der Waals surface area contributed by atoms with Gasteiger partial charge in [-0.2, -0.15) is 0 Å². The molecule has 21 heavy (non-hydrogen) atoms. The van der Waals surface area contributed by atoms with E-state index in [1.54, 1.807) is 12.5 Å². The third kappa shape index (κ3) is 3.20. The number of hydrogen-bond donors (Lipinski definition) is 2. The lowest BCUT2D eigenvalue weighted by Gasteiger charge is -2.10. The lowest BCUT2D eigenvalue weighted by molar-refractivity contribution is 0.251. The Hall–Kier alpha value is -2.82. The lowest BCUT2D eigenvalue weighted by Crippen LogP contribution is -2.31. The summed E-state index contributed by atoms with van der Waals surface area (Å²) in [5.41, 5.74) is 0.813. The summed E-state index contributed by atoms with van der Waals surface area (Å²) in [6, 6.07) is 13.6. The van der Waals surface area contributed by atoms with Gasteiger partial charge in [0.2, 0.25) is 0 Å². The number of nitrogens with zero attached hydrogens (tertiary/aromatic N) is 2. The van der Waals surface area contributed by atoms with E-state index in [9.17, 15) is 4.79 Å². The summed E-state index contributed by atoms with van der Waals surface area (Å²) >= 11 is 0. The highest BCUT2D eigenvalue weighted by atomic mass is 16.2. The van der Waals surface area contributed by atoms with Gasteiger partial charge in [0.1, 0.15) is 0 Å². The molecule has 5 heteroatoms. The lowest BCUT2D eigenvalue weighted by atomic mass is 10.1. The van der Waals surface area contributed by atoms with Crippen LogP contribution in [0, 0.1) is 0 Å². The number of hydrogen-bond acceptors (Lipinski definition) is 2. The number of nitrogens with one attached hydrogen (secondary N) is 2. The molecular weight excluding hydrogens is 264 g/mol. The second kappa shape index (κ2) is 6.09. The average Bonchev–Trinajstić information content (AvgIpc) is 3.01. The highest BCUT2D eigenvalue weighted by molar-refractivity contribution is 6.01. The summed E-state index contributed by atoms with van der Waals surface area (Å²) in [5, 5.41) is 7.86. The zero-order valence-electron chi connectivity index (χ0n) is 11.5. The van der Waals surface area contributed by atoms with Crippen LogP contribution < -0.4 is 10.6 Å². The quantitative estimate of drug-likeness (QED) is 0.772. The van der Waals surface area contributed by atoms with Crippen LogP contribution >= 0.6 is 0 Å². The number of imidazole rings is 1. The van der Waals surface area contributed by atoms with Crippen molar-refractivity contribution < 1.29 is 4.79 Å². The fourth-order valence-corrected chi connectivity index (χ4v) is 2.22. The molecule has 2 amide bonds. The number of fused-ring (bicyclic) bond motifs is 1. The number of benzene rings is 2. The van der Waals surface area contributed by atoms with E-state index in [-0.39, 0.29) is 6.03 Å². The van der Waals surface area contributed by atoms with Gasteiger partial charge in [0.25, 0.3) is 0 Å². The third-order valence-electron chi connectivity index (χ3n) is 3.25. The molecule has 106 valence electrons. The fourth-order valence-electron chi connectivity index (χ4n) is 2.22. The minimum absolute atomic E-state index is 0.202. The van der Waals surface area contributed by atoms with Gasteiger partial charge in [0.15, 0.2) is 0 Å². The van der Waals surface area contributed by atoms with Crippen LogP contribution in [0.3, 0.4) is 0 Å². The zero-order valence-corrected chi connectivity index (χ0v) is 11.5. The fraction of sp³-hybridized carbons (Fsp3) is 0.125. The predicted octanol–water partition coefficient (Wildman–Crippen LogP) is 2.86. The Balaban J connectivity index is 1.61. The maximum absolute atomic E-state index is 11.9. The van der Waals surface area contributed by atoms with E-state index in [4.69, 9.17) is 0 Å². The molecule has 0 fully saturated rings. The van der Waals surface area contributed by atoms with Crippen molar-refractivity contribution in [1.29, 1.82) is 0 Å². The standard InChI is InChI=1S/C16H16N4O/c21-16(18-9-11-20-10-8-17-12-20)19-15-7-3-5-13-4-1-2-6-14(13)15/h1-8,10,12H,9,11H2,(H2,18,19,21). The second-order valence-corrected chi connectivity index (χ2v) is 4.71. The smallest absolute Gasteiger partial charge is 0.319 e. The number of anilines is 1. The first-order chi connectivity index (χ1) is 10.3. The first kappa shape index (κ1) is 13.2. The Morgan fingerprint density at radius 3 is 2.86 bits per heavy atom. The van der Waals surface area contributed by atoms with Gasteiger partial charge in [-0.25, -0.2) is 9.78 Å². The Morgan fingerprint density at radius 2 is 2.00 bits per heavy atom. The van der Waals surface area contributed by atoms with Gasteiger partial charge in [-0.3, -0.25) is 0 Å². The molecule has 5 nitrogen and oxygen atoms in total. The van der Waals surface area contributed by atoms with E-state index in [1.165, 1.54) is 0 Å². The topological polar surface area (TPSA) is 59.0 Å². The van der Waals surface area contributed by atoms with Crippen molar-refractivity contribution in [2.75, 3.05) is 11.9 Å². The molecule has 0 atom stereocenters. The number of urea groups is 1. The van der Waals surface area contributed by atoms with Crippen molar-refractivity contribution in [3.05, 3.63) is 61.2 Å². The molecule has 2 N–H and O–H groups in total. The highest BCUT2D eigenvalue weighted by Crippen LogP contribution is 2.22. The number of aromatic nitrogens is 2. The van der Waals surface area contributed by atoms with Gasteiger partial charge in [-0.15, -0.1) is 0 Å². The van der Waals surface area contributed by atoms with Crippen LogP contribution in [0.15, 0.2) is 61.2 Å². The van der Waals surface area contributed by atoms with Gasteiger partial charge in [0, 0.05) is 30.9 Å². The van der Waals surface area contributed by atoms with Crippen LogP contribution in [0.1, 0.15) is 0 Å². The molecule has 0 radical (unpaired) electrons. The molecule has 0 spiro atoms. The summed E-state index contributed by atoms with van der Waals surface area (Å²) in [7, 11) is 0. The Bertz CT molecular complexity index is 732. The molecule has 3 rings (SSSR count). The molecule has 1 heterocycles. The van der Waals surface area contributed by atoms with Crippen molar-refractivity contribution in [3.8, 4) is 0 Å². The number of amides is 2. The molecular formula is C16H16N4O. The van der Waals surface area contributed by atoms with Gasteiger partial charge < -0.3 is 15.2 Å². The number of carbonyl (C=O) groups is 1. The molecule has 0 bridgehead atoms. The third-order valence-corrected chi connectivity index (χ3v) is 3.25. The normalized spacial score (nSPS) is 10.5. The minimum Gasteiger partial charge on any atom is -0.336 e. The van der Waals surface area contributed by atoms with E-state index in [0.29, 0.717) is 13.1 Å². The molecule has 0 aliphatic rings. The first-order valence-electron chi connectivity index (χ1n) is 6.81. The molecule has 1 aromatic heterocycles. The Morgan fingerprint density at radius 1 is 1.14 bits per heavy atom. The average molecular weight is 280 g/mol. The van der Waals surface area contributed by atoms with Crippen molar-refractivity contribution in [1.82, 2.24) is 14.9 Å². The zero-order chi connectivity index (χ0) is 14.5. The SMILES string of the molecule is O=C(NCCn1ccnc1)Nc1cccc2ccccc12. The van der Waals surface area contributed by atoms with Gasteiger partial charge in [-0.05, 0) is 11.5 Å². The minimum atomic E-state index is -0.202. The summed E-state index contributed by atoms with van der Waals surface area (Å²) in [5.74, 6) is 0. The van der Waals surface area contributed by atoms with Gasteiger partial charge in [0.05, 0.1) is 12.0 Å². The molecule has 0 saturated carbocycles. The molecule has 0 aliphatic heterocycles. The molecule has 2 aromatic carbocycles. The van der Waals surface area contributed by atoms with Crippen molar-refractivity contribution in [2.45, 2.75) is 6.54 Å². The van der Waals surface area contributed by atoms with E-state index in [0.717, 1.165) is 16.5 Å². The largest absolute Gasteiger partial charge is 0.336 e. The molecule has 0 saturated heterocycles. The van der Waals surface area contributed by atoms with Crippen molar-refractivity contribution in [2.24, 2.45) is 0 Å². The number of rotatable bonds is 4. The molecule has 0 aliphatic carbocycles. The first-order valence-corrected chi connectivity index (χ1v) is 6.81. The summed E-state index contributed by atoms with van der Waals surface area (Å²) in [4.78, 5) is 15.9. The molecule has 0 unspecified atom stereocenters. The summed E-state index contributed by atoms with van der Waals surface area (Å²) < 4.78 is 1.91. The predicted molar refractivity (Wildman–Crippen MR) is 83.2 cm³/mol. The van der Waals surface area contributed by atoms with Crippen LogP contribution in [-0.2, 0) is 6.54 Å². The van der Waals surface area contributed by atoms with Crippen LogP contribution in [0.4, 0.5) is 10.5 Å². The Labute approximate surface area is 122 Å². The summed E-state index contributed by atoms with van der Waals surface area (Å²) in [6.07, 6.45) is 5.31. The van der Waals surface area contributed by atoms with Gasteiger partial charge in [-0.1, -0.05) is 36.4 Å². The van der Waals surface area contributed by atoms with E-state index >= 15 is 0 Å². The van der Waals surface area contributed by atoms with Crippen LogP contribution in [0.2, 0.25) is 0 Å². The maximum Gasteiger partial charge on any atom is 0.319 e. The summed E-state index contributed by atoms with van der Waals surface area (Å²) in [6.45, 7) is 1.25. The van der Waals surface area contributed by atoms with Crippen molar-refractivity contribution in [3.63, 3.8) is 0 Å². The van der Waals surface area contributed by atoms with Crippen LogP contribution in [0.5, 0.6) is 0 Å². The molecule has 3 aromatic rings. The van der Waals surface area contributed by atoms with E-state index in [1.807, 2.05) is 53.2 Å². The second-order valence-electron chi connectivity index (χ2n) is 4.71. The van der Waals surface area contributed by atoms with E-state index in [2.05, 4.69) is 15.6 Å². The van der Waals surface area contributed by atoms with Crippen LogP contribution in [-0.4, -0.2) is 22.1 Å². The Kier molecular flexibility index (Phi) is 3.82. The highest BCUT2D eigenvalue weighted by Gasteiger charge is 2.04. The maximum atomic E-state index is 11.9. The van der Waals surface area contributed by atoms with Gasteiger partial charge >= 0.3 is 6.03 Å².